The Morgan fingerprint density at radius 3 is 1.43 bits per heavy atom. The summed E-state index contributed by atoms with van der Waals surface area (Å²) in [7, 11) is 0. The monoisotopic (exact) mass is 1710 g/mol. The molecule has 15 nitrogen and oxygen atoms in total. The normalized spacial score (nSPS) is 12.4. The number of aromatic amines is 1. The van der Waals surface area contributed by atoms with Crippen molar-refractivity contribution < 1.29 is 25.8 Å². The van der Waals surface area contributed by atoms with Crippen LogP contribution in [0.1, 0.15) is 57.1 Å². The number of nitrogens with one attached hydrogen (secondary N) is 1. The van der Waals surface area contributed by atoms with Gasteiger partial charge in [0.25, 0.3) is 0 Å². The van der Waals surface area contributed by atoms with Crippen LogP contribution in [-0.2, 0) is 10.8 Å². The topological polar surface area (TPSA) is 204 Å². The van der Waals surface area contributed by atoms with Crippen molar-refractivity contribution >= 4 is 142 Å². The molecule has 2 aliphatic heterocycles. The molecule has 0 atom stereocenters. The molecule has 3 N–H and O–H groups in total. The molecule has 0 radical (unpaired) electrons. The number of para-hydroxylation sites is 7. The van der Waals surface area contributed by atoms with E-state index in [0.717, 1.165) is 60.2 Å². The summed E-state index contributed by atoms with van der Waals surface area (Å²) in [6, 6.07) is 118. The van der Waals surface area contributed by atoms with E-state index in [4.69, 9.17) is 23.4 Å². The third kappa shape index (κ3) is 11.5. The Balaban J connectivity index is 0.000000106. The molecule has 0 saturated carbocycles. The molecular weight excluding hydrogens is 1650 g/mol. The van der Waals surface area contributed by atoms with Gasteiger partial charge in [-0.1, -0.05) is 264 Å². The van der Waals surface area contributed by atoms with Gasteiger partial charge in [0, 0.05) is 130 Å². The Labute approximate surface area is 759 Å². The Hall–Kier alpha value is -16.8. The quantitative estimate of drug-likeness (QED) is 0.0761. The van der Waals surface area contributed by atoms with Crippen molar-refractivity contribution in [2.75, 3.05) is 0 Å². The predicted octanol–water partition coefficient (Wildman–Crippen LogP) is 22.1. The largest absolute Gasteiger partial charge is 1.00 e. The van der Waals surface area contributed by atoms with Gasteiger partial charge in [-0.3, -0.25) is 29.5 Å². The molecule has 10 aromatic heterocycles. The van der Waals surface area contributed by atoms with E-state index in [9.17, 15) is 14.9 Å². The van der Waals surface area contributed by atoms with E-state index in [0.29, 0.717) is 54.2 Å². The fraction of sp³-hybridized carbons (Fsp3) is 0.0179. The number of halogens is 1. The molecule has 2 aliphatic carbocycles. The van der Waals surface area contributed by atoms with Crippen LogP contribution < -0.4 is 29.7 Å². The van der Waals surface area contributed by atoms with Gasteiger partial charge < -0.3 is 24.0 Å². The summed E-state index contributed by atoms with van der Waals surface area (Å²) in [6.07, 6.45) is 14.9. The number of nitriles is 2. The average Bonchev–Trinajstić information content (AvgIpc) is 1.46. The average molecular weight is 1710 g/mol. The molecular formula is C112H65BrLiN12O3+. The van der Waals surface area contributed by atoms with E-state index in [1.165, 1.54) is 116 Å². The second-order valence-electron chi connectivity index (χ2n) is 31.7. The van der Waals surface area contributed by atoms with Crippen molar-refractivity contribution in [3.63, 3.8) is 0 Å². The van der Waals surface area contributed by atoms with Gasteiger partial charge in [0.1, 0.15) is 0 Å². The fourth-order valence-corrected chi connectivity index (χ4v) is 21.2. The van der Waals surface area contributed by atoms with Crippen molar-refractivity contribution in [1.82, 2.24) is 38.5 Å². The van der Waals surface area contributed by atoms with Crippen LogP contribution in [0.15, 0.2) is 385 Å². The molecule has 598 valence electrons. The van der Waals surface area contributed by atoms with Gasteiger partial charge in [0.15, 0.2) is 10.9 Å². The van der Waals surface area contributed by atoms with Crippen molar-refractivity contribution in [2.24, 2.45) is 0 Å². The maximum atomic E-state index is 12.9. The molecule has 0 saturated heterocycles. The molecule has 2 spiro atoms. The Morgan fingerprint density at radius 1 is 0.357 bits per heavy atom. The molecule has 0 bridgehead atoms. The van der Waals surface area contributed by atoms with E-state index in [1.54, 1.807) is 79.4 Å². The van der Waals surface area contributed by atoms with Crippen molar-refractivity contribution in [2.45, 2.75) is 10.8 Å². The van der Waals surface area contributed by atoms with Crippen LogP contribution in [0.2, 0.25) is 0 Å². The van der Waals surface area contributed by atoms with Crippen molar-refractivity contribution in [1.29, 1.82) is 10.5 Å². The first kappa shape index (κ1) is 79.4. The number of hydrogen-bond acceptors (Lipinski definition) is 8. The summed E-state index contributed by atoms with van der Waals surface area (Å²) in [4.78, 5) is 53.6. The smallest absolute Gasteiger partial charge is 0.412 e. The molecule has 0 amide bonds. The number of nitrogens with zero attached hydrogens (tertiary/aromatic N) is 11. The molecule has 4 aliphatic rings. The Bertz CT molecular complexity index is 8450. The van der Waals surface area contributed by atoms with E-state index in [1.807, 2.05) is 126 Å². The molecule has 0 fully saturated rings. The van der Waals surface area contributed by atoms with Gasteiger partial charge in [-0.15, -0.1) is 35.9 Å². The number of pyridine rings is 6. The van der Waals surface area contributed by atoms with Gasteiger partial charge in [0.2, 0.25) is 11.4 Å². The zero-order valence-corrected chi connectivity index (χ0v) is 70.4. The Morgan fingerprint density at radius 2 is 0.791 bits per heavy atom. The molecule has 28 rings (SSSR count). The second-order valence-corrected chi connectivity index (χ2v) is 32.5. The van der Waals surface area contributed by atoms with E-state index in [-0.39, 0.29) is 36.6 Å². The zero-order valence-electron chi connectivity index (χ0n) is 69.8. The summed E-state index contributed by atoms with van der Waals surface area (Å²) >= 11 is 3.17. The van der Waals surface area contributed by atoms with E-state index < -0.39 is 10.8 Å². The van der Waals surface area contributed by atoms with E-state index >= 15 is 0 Å². The van der Waals surface area contributed by atoms with Crippen LogP contribution in [0.25, 0.3) is 169 Å². The minimum Gasteiger partial charge on any atom is -0.412 e. The van der Waals surface area contributed by atoms with Gasteiger partial charge in [-0.05, 0) is 116 Å². The molecule has 17 heteroatoms. The van der Waals surface area contributed by atoms with Crippen LogP contribution in [0, 0.1) is 41.9 Å². The van der Waals surface area contributed by atoms with Crippen LogP contribution in [0.5, 0.6) is 0 Å². The third-order valence-corrected chi connectivity index (χ3v) is 26.5. The summed E-state index contributed by atoms with van der Waals surface area (Å²) in [6.45, 7) is 14.2. The van der Waals surface area contributed by atoms with Gasteiger partial charge in [0.05, 0.1) is 103 Å². The first-order chi connectivity index (χ1) is 62.7. The molecule has 24 aromatic rings. The van der Waals surface area contributed by atoms with Crippen molar-refractivity contribution in [3.05, 3.63) is 481 Å². The Kier molecular flexibility index (Phi) is 19.4. The molecule has 14 aromatic carbocycles. The van der Waals surface area contributed by atoms with Crippen LogP contribution in [0.4, 0.5) is 11.4 Å². The number of aromatic nitrogens is 8. The van der Waals surface area contributed by atoms with Crippen LogP contribution in [-0.4, -0.2) is 43.9 Å². The van der Waals surface area contributed by atoms with Crippen LogP contribution in [0.3, 0.4) is 0 Å². The molecule has 129 heavy (non-hydrogen) atoms. The van der Waals surface area contributed by atoms with E-state index in [2.05, 4.69) is 243 Å². The SMILES string of the molecule is O.O=c1c2cccc3c(=O)c4cncc5c6cccc1c6n(c23)c45.[C-]#[N+]c1cccc(C#N)c1-n1c2ccccc2c2cnccc21.[C-]#[N+]c1cccc(C#N)c1Br.[H+].[Li+].[c-]1ccccc1-c1ccccc1.c1ccc2c(c1)-c1ccccc1C21c2cccc3c2-n2c4c1cccc4c1cncc(c12)C31c2ccccc2-c2ccccc21.c1ccc2c(c1)[nH]c1ccncc12. The predicted molar refractivity (Wildman–Crippen MR) is 515 cm³/mol. The number of H-pyrrole nitrogens is 1. The first-order valence-electron chi connectivity index (χ1n) is 41.4. The minimum absolute atomic E-state index is 0. The number of hydrogen-bond donors (Lipinski definition) is 1. The minimum atomic E-state index is -0.480. The summed E-state index contributed by atoms with van der Waals surface area (Å²) in [5.74, 6) is 0. The maximum absolute atomic E-state index is 12.9. The standard InChI is InChI=1S/C43H24N2.C19H10N4.C19H8N2O2.C12H9.C11H8N2.C8H3BrN2.Li.H2O/c1-5-16-31-25(11-1)26-12-2-6-17-32(26)42(31)35-20-9-15-29-30-23-44-24-38-40(30)45(39(29)35)41-36(42)21-10-22-37(41)43(38)33-18-7-3-13-27(33)28-14-4-8-19-34(28)43;1-21-16-7-4-5-13(11-20)19(16)23-17-8-3-2-6-14(17)15-12-22-10-9-18(15)23;22-18-10-4-1-3-9-13-7-20-8-14-17(13)21(15(9)10)16-11(18)5-2-6-12(16)19(14)23;1-3-7-11(8-4-1)12-9-5-2-6-10-12;1-2-4-10-8(3-1)9-7-12-6-5-11(9)13-10;1-11-7-4-2-3-6(5-10)8(7)9;;/h1-24H;2-10,12H;1-8H;1-9H;1-7,13H;2-4H;;1H2/q;;;-1;;;+1;/p+1. The number of rotatable bonds is 2. The summed E-state index contributed by atoms with van der Waals surface area (Å²) < 4.78 is 7.26. The second kappa shape index (κ2) is 31.5. The van der Waals surface area contributed by atoms with Crippen molar-refractivity contribution in [3.8, 4) is 56.9 Å². The number of benzene rings is 14. The summed E-state index contributed by atoms with van der Waals surface area (Å²) in [5, 5.41) is 29.4. The fourth-order valence-electron chi connectivity index (χ4n) is 20.7. The van der Waals surface area contributed by atoms with Gasteiger partial charge in [-0.25, -0.2) is 9.69 Å². The summed E-state index contributed by atoms with van der Waals surface area (Å²) in [5.41, 5.74) is 30.6. The zero-order chi connectivity index (χ0) is 85.3. The van der Waals surface area contributed by atoms with Gasteiger partial charge >= 0.3 is 20.3 Å². The molecule has 0 unspecified atom stereocenters. The van der Waals surface area contributed by atoms with Gasteiger partial charge in [-0.2, -0.15) is 10.5 Å². The number of fused-ring (bicyclic) bond motifs is 22. The van der Waals surface area contributed by atoms with Crippen LogP contribution >= 0.6 is 15.9 Å². The first-order valence-corrected chi connectivity index (χ1v) is 42.2. The maximum Gasteiger partial charge on any atom is 1.00 e. The molecule has 12 heterocycles. The third-order valence-electron chi connectivity index (χ3n) is 25.7.